The molecule has 0 radical (unpaired) electrons. The van der Waals surface area contributed by atoms with Crippen LogP contribution in [0.15, 0.2) is 47.2 Å². The first-order valence-electron chi connectivity index (χ1n) is 7.50. The molecule has 1 fully saturated rings. The lowest BCUT2D eigenvalue weighted by atomic mass is 10.2. The normalized spacial score (nSPS) is 15.7. The van der Waals surface area contributed by atoms with E-state index in [1.165, 1.54) is 5.56 Å². The number of carbonyl (C=O) groups is 1. The molecule has 1 saturated heterocycles. The van der Waals surface area contributed by atoms with E-state index >= 15 is 0 Å². The number of ether oxygens (including phenoxy) is 1. The van der Waals surface area contributed by atoms with Crippen molar-refractivity contribution >= 4 is 17.2 Å². The van der Waals surface area contributed by atoms with Crippen LogP contribution >= 0.6 is 11.3 Å². The number of piperazine rings is 1. The molecule has 0 bridgehead atoms. The number of thiophene rings is 1. The van der Waals surface area contributed by atoms with E-state index in [9.17, 15) is 4.79 Å². The molecule has 0 atom stereocenters. The van der Waals surface area contributed by atoms with Crippen LogP contribution in [0.5, 0.6) is 5.75 Å². The third-order valence-corrected chi connectivity index (χ3v) is 4.55. The van der Waals surface area contributed by atoms with E-state index in [-0.39, 0.29) is 12.5 Å². The van der Waals surface area contributed by atoms with Gasteiger partial charge in [-0.25, -0.2) is 0 Å². The number of benzene rings is 1. The van der Waals surface area contributed by atoms with Crippen molar-refractivity contribution in [3.8, 4) is 5.75 Å². The summed E-state index contributed by atoms with van der Waals surface area (Å²) in [5, 5.41) is 4.29. The Morgan fingerprint density at radius 2 is 1.86 bits per heavy atom. The van der Waals surface area contributed by atoms with Crippen molar-refractivity contribution in [1.29, 1.82) is 0 Å². The Kier molecular flexibility index (Phi) is 5.08. The predicted octanol–water partition coefficient (Wildman–Crippen LogP) is 2.47. The molecule has 4 nitrogen and oxygen atoms in total. The molecule has 22 heavy (non-hydrogen) atoms. The maximum atomic E-state index is 12.2. The Morgan fingerprint density at radius 3 is 2.55 bits per heavy atom. The second-order valence-corrected chi connectivity index (χ2v) is 6.17. The van der Waals surface area contributed by atoms with Crippen LogP contribution in [-0.2, 0) is 11.3 Å². The second-order valence-electron chi connectivity index (χ2n) is 5.39. The minimum atomic E-state index is 0.0686. The Morgan fingerprint density at radius 1 is 1.09 bits per heavy atom. The molecule has 116 valence electrons. The molecule has 2 heterocycles. The van der Waals surface area contributed by atoms with Gasteiger partial charge in [-0.2, -0.15) is 11.3 Å². The van der Waals surface area contributed by atoms with Crippen LogP contribution in [0.4, 0.5) is 0 Å². The largest absolute Gasteiger partial charge is 0.484 e. The SMILES string of the molecule is O=C(COc1ccccc1)N1CCN(Cc2ccsc2)CC1. The zero-order valence-corrected chi connectivity index (χ0v) is 13.3. The van der Waals surface area contributed by atoms with E-state index in [1.54, 1.807) is 11.3 Å². The topological polar surface area (TPSA) is 32.8 Å². The molecule has 3 rings (SSSR count). The smallest absolute Gasteiger partial charge is 0.260 e. The molecule has 0 unspecified atom stereocenters. The number of carbonyl (C=O) groups excluding carboxylic acids is 1. The minimum absolute atomic E-state index is 0.0686. The van der Waals surface area contributed by atoms with Crippen molar-refractivity contribution in [1.82, 2.24) is 9.80 Å². The maximum absolute atomic E-state index is 12.2. The fraction of sp³-hybridized carbons (Fsp3) is 0.353. The average molecular weight is 316 g/mol. The average Bonchev–Trinajstić information content (AvgIpc) is 3.07. The van der Waals surface area contributed by atoms with Crippen LogP contribution in [0.3, 0.4) is 0 Å². The second kappa shape index (κ2) is 7.42. The molecule has 2 aromatic rings. The summed E-state index contributed by atoms with van der Waals surface area (Å²) < 4.78 is 5.53. The van der Waals surface area contributed by atoms with Crippen LogP contribution in [0.25, 0.3) is 0 Å². The van der Waals surface area contributed by atoms with E-state index in [2.05, 4.69) is 21.7 Å². The Bertz CT molecular complexity index is 578. The highest BCUT2D eigenvalue weighted by atomic mass is 32.1. The summed E-state index contributed by atoms with van der Waals surface area (Å²) >= 11 is 1.73. The van der Waals surface area contributed by atoms with Gasteiger partial charge >= 0.3 is 0 Å². The van der Waals surface area contributed by atoms with Gasteiger partial charge in [-0.05, 0) is 34.5 Å². The van der Waals surface area contributed by atoms with Gasteiger partial charge in [-0.3, -0.25) is 9.69 Å². The Labute approximate surface area is 134 Å². The molecule has 1 aliphatic rings. The molecule has 0 N–H and O–H groups in total. The molecule has 0 saturated carbocycles. The molecule has 1 aliphatic heterocycles. The number of amides is 1. The summed E-state index contributed by atoms with van der Waals surface area (Å²) in [5.41, 5.74) is 1.36. The van der Waals surface area contributed by atoms with Gasteiger partial charge in [0.15, 0.2) is 6.61 Å². The third kappa shape index (κ3) is 4.08. The number of para-hydroxylation sites is 1. The minimum Gasteiger partial charge on any atom is -0.484 e. The number of hydrogen-bond donors (Lipinski definition) is 0. The first-order valence-corrected chi connectivity index (χ1v) is 8.44. The van der Waals surface area contributed by atoms with E-state index in [0.717, 1.165) is 38.5 Å². The third-order valence-electron chi connectivity index (χ3n) is 3.82. The zero-order valence-electron chi connectivity index (χ0n) is 12.5. The molecular formula is C17H20N2O2S. The molecular weight excluding hydrogens is 296 g/mol. The highest BCUT2D eigenvalue weighted by molar-refractivity contribution is 7.07. The summed E-state index contributed by atoms with van der Waals surface area (Å²) in [5.74, 6) is 0.811. The molecule has 1 aromatic heterocycles. The predicted molar refractivity (Wildman–Crippen MR) is 88.1 cm³/mol. The van der Waals surface area contributed by atoms with Crippen molar-refractivity contribution < 1.29 is 9.53 Å². The zero-order chi connectivity index (χ0) is 15.2. The van der Waals surface area contributed by atoms with E-state index in [1.807, 2.05) is 35.2 Å². The molecule has 1 amide bonds. The highest BCUT2D eigenvalue weighted by Gasteiger charge is 2.21. The number of hydrogen-bond acceptors (Lipinski definition) is 4. The summed E-state index contributed by atoms with van der Waals surface area (Å²) in [6.45, 7) is 4.50. The Balaban J connectivity index is 1.42. The van der Waals surface area contributed by atoms with Crippen molar-refractivity contribution in [2.24, 2.45) is 0 Å². The highest BCUT2D eigenvalue weighted by Crippen LogP contribution is 2.12. The van der Waals surface area contributed by atoms with Gasteiger partial charge in [0.05, 0.1) is 0 Å². The molecule has 1 aromatic carbocycles. The summed E-state index contributed by atoms with van der Waals surface area (Å²) in [6.07, 6.45) is 0. The van der Waals surface area contributed by atoms with Crippen LogP contribution < -0.4 is 4.74 Å². The van der Waals surface area contributed by atoms with Gasteiger partial charge in [0, 0.05) is 32.7 Å². The van der Waals surface area contributed by atoms with E-state index < -0.39 is 0 Å². The number of rotatable bonds is 5. The standard InChI is InChI=1S/C17H20N2O2S/c20-17(13-21-16-4-2-1-3-5-16)19-9-7-18(8-10-19)12-15-6-11-22-14-15/h1-6,11,14H,7-10,12-13H2. The van der Waals surface area contributed by atoms with Crippen LogP contribution in [-0.4, -0.2) is 48.5 Å². The van der Waals surface area contributed by atoms with E-state index in [4.69, 9.17) is 4.74 Å². The molecule has 5 heteroatoms. The van der Waals surface area contributed by atoms with Gasteiger partial charge < -0.3 is 9.64 Å². The lowest BCUT2D eigenvalue weighted by molar-refractivity contribution is -0.135. The van der Waals surface area contributed by atoms with Gasteiger partial charge in [0.25, 0.3) is 5.91 Å². The van der Waals surface area contributed by atoms with Gasteiger partial charge in [-0.1, -0.05) is 18.2 Å². The summed E-state index contributed by atoms with van der Waals surface area (Å²) in [7, 11) is 0. The van der Waals surface area contributed by atoms with E-state index in [0.29, 0.717) is 0 Å². The first kappa shape index (κ1) is 15.1. The van der Waals surface area contributed by atoms with Crippen molar-refractivity contribution in [2.45, 2.75) is 6.54 Å². The van der Waals surface area contributed by atoms with Crippen molar-refractivity contribution in [3.05, 3.63) is 52.7 Å². The van der Waals surface area contributed by atoms with Crippen LogP contribution in [0.2, 0.25) is 0 Å². The van der Waals surface area contributed by atoms with Crippen LogP contribution in [0.1, 0.15) is 5.56 Å². The quantitative estimate of drug-likeness (QED) is 0.849. The van der Waals surface area contributed by atoms with Crippen molar-refractivity contribution in [2.75, 3.05) is 32.8 Å². The van der Waals surface area contributed by atoms with Gasteiger partial charge in [0.1, 0.15) is 5.75 Å². The first-order chi connectivity index (χ1) is 10.8. The fourth-order valence-electron chi connectivity index (χ4n) is 2.55. The van der Waals surface area contributed by atoms with Crippen molar-refractivity contribution in [3.63, 3.8) is 0 Å². The summed E-state index contributed by atoms with van der Waals surface area (Å²) in [6, 6.07) is 11.6. The monoisotopic (exact) mass is 316 g/mol. The number of nitrogens with zero attached hydrogens (tertiary/aromatic N) is 2. The lowest BCUT2D eigenvalue weighted by Gasteiger charge is -2.34. The fourth-order valence-corrected chi connectivity index (χ4v) is 3.21. The van der Waals surface area contributed by atoms with Gasteiger partial charge in [0.2, 0.25) is 0 Å². The maximum Gasteiger partial charge on any atom is 0.260 e. The molecule has 0 spiro atoms. The Hall–Kier alpha value is -1.85. The van der Waals surface area contributed by atoms with Crippen LogP contribution in [0, 0.1) is 0 Å². The summed E-state index contributed by atoms with van der Waals surface area (Å²) in [4.78, 5) is 16.5. The lowest BCUT2D eigenvalue weighted by Crippen LogP contribution is -2.49. The van der Waals surface area contributed by atoms with Gasteiger partial charge in [-0.15, -0.1) is 0 Å². The molecule has 0 aliphatic carbocycles.